The fraction of sp³-hybridized carbons (Fsp3) is 0.500. The van der Waals surface area contributed by atoms with Crippen molar-refractivity contribution in [2.75, 3.05) is 6.61 Å². The molecular weight excluding hydrogens is 244 g/mol. The molecule has 0 saturated heterocycles. The average Bonchev–Trinajstić information content (AvgIpc) is 2.32. The minimum Gasteiger partial charge on any atom is -0.493 e. The van der Waals surface area contributed by atoms with Gasteiger partial charge in [-0.05, 0) is 55.9 Å². The van der Waals surface area contributed by atoms with E-state index in [0.29, 0.717) is 5.92 Å². The number of hydrogen-bond donors (Lipinski definition) is 0. The molecule has 0 N–H and O–H groups in total. The normalized spacial score (nSPS) is 12.9. The van der Waals surface area contributed by atoms with Crippen LogP contribution in [0.5, 0.6) is 5.75 Å². The van der Waals surface area contributed by atoms with Gasteiger partial charge in [-0.1, -0.05) is 37.6 Å². The predicted molar refractivity (Wildman–Crippen MR) is 79.7 cm³/mol. The van der Waals surface area contributed by atoms with E-state index in [0.717, 1.165) is 35.8 Å². The minimum atomic E-state index is 0.498. The summed E-state index contributed by atoms with van der Waals surface area (Å²) in [7, 11) is 0. The highest BCUT2D eigenvalue weighted by Crippen LogP contribution is 2.29. The molecule has 1 unspecified atom stereocenters. The molecule has 1 atom stereocenters. The quantitative estimate of drug-likeness (QED) is 0.644. The van der Waals surface area contributed by atoms with Gasteiger partial charge in [0.2, 0.25) is 0 Å². The van der Waals surface area contributed by atoms with Gasteiger partial charge in [0, 0.05) is 5.02 Å². The van der Waals surface area contributed by atoms with Gasteiger partial charge in [0.25, 0.3) is 0 Å². The van der Waals surface area contributed by atoms with Gasteiger partial charge in [-0.15, -0.1) is 0 Å². The molecule has 100 valence electrons. The first-order chi connectivity index (χ1) is 8.58. The highest BCUT2D eigenvalue weighted by molar-refractivity contribution is 6.31. The highest BCUT2D eigenvalue weighted by Gasteiger charge is 2.10. The monoisotopic (exact) mass is 266 g/mol. The maximum atomic E-state index is 6.21. The smallest absolute Gasteiger partial charge is 0.122 e. The predicted octanol–water partition coefficient (Wildman–Crippen LogP) is 5.19. The van der Waals surface area contributed by atoms with Crippen molar-refractivity contribution in [2.24, 2.45) is 5.92 Å². The molecule has 0 aliphatic heterocycles. The maximum Gasteiger partial charge on any atom is 0.122 e. The first-order valence-electron chi connectivity index (χ1n) is 6.63. The molecule has 0 aliphatic rings. The van der Waals surface area contributed by atoms with Crippen LogP contribution in [-0.4, -0.2) is 6.61 Å². The third-order valence-corrected chi connectivity index (χ3v) is 3.27. The Morgan fingerprint density at radius 3 is 2.72 bits per heavy atom. The molecule has 1 rings (SSSR count). The minimum absolute atomic E-state index is 0.498. The summed E-state index contributed by atoms with van der Waals surface area (Å²) in [4.78, 5) is 0. The topological polar surface area (TPSA) is 9.23 Å². The molecule has 0 amide bonds. The van der Waals surface area contributed by atoms with Crippen molar-refractivity contribution in [1.29, 1.82) is 0 Å². The number of benzene rings is 1. The first-order valence-corrected chi connectivity index (χ1v) is 7.00. The van der Waals surface area contributed by atoms with Crippen molar-refractivity contribution in [3.63, 3.8) is 0 Å². The largest absolute Gasteiger partial charge is 0.493 e. The number of hydrogen-bond acceptors (Lipinski definition) is 1. The van der Waals surface area contributed by atoms with E-state index in [1.54, 1.807) is 0 Å². The summed E-state index contributed by atoms with van der Waals surface area (Å²) >= 11 is 6.21. The van der Waals surface area contributed by atoms with Crippen LogP contribution in [0.1, 0.15) is 38.3 Å². The molecule has 1 aromatic rings. The second kappa shape index (κ2) is 7.48. The molecular formula is C16H23ClO. The van der Waals surface area contributed by atoms with Gasteiger partial charge < -0.3 is 4.74 Å². The number of halogens is 1. The summed E-state index contributed by atoms with van der Waals surface area (Å²) in [6, 6.07) is 4.09. The van der Waals surface area contributed by atoms with Crippen molar-refractivity contribution in [3.8, 4) is 5.75 Å². The molecule has 0 aliphatic carbocycles. The number of allylic oxidation sites excluding steroid dienone is 2. The summed E-state index contributed by atoms with van der Waals surface area (Å²) < 4.78 is 5.82. The molecule has 18 heavy (non-hydrogen) atoms. The van der Waals surface area contributed by atoms with Crippen LogP contribution < -0.4 is 4.74 Å². The van der Waals surface area contributed by atoms with Crippen molar-refractivity contribution in [2.45, 2.75) is 40.5 Å². The third kappa shape index (κ3) is 4.38. The van der Waals surface area contributed by atoms with E-state index < -0.39 is 0 Å². The molecule has 0 saturated carbocycles. The van der Waals surface area contributed by atoms with Gasteiger partial charge in [-0.3, -0.25) is 0 Å². The average molecular weight is 267 g/mol. The van der Waals surface area contributed by atoms with Crippen molar-refractivity contribution < 1.29 is 4.74 Å². The molecule has 0 radical (unpaired) electrons. The molecule has 1 nitrogen and oxygen atoms in total. The van der Waals surface area contributed by atoms with Gasteiger partial charge in [0.1, 0.15) is 5.75 Å². The Morgan fingerprint density at radius 1 is 1.39 bits per heavy atom. The fourth-order valence-electron chi connectivity index (χ4n) is 1.95. The van der Waals surface area contributed by atoms with Crippen LogP contribution >= 0.6 is 11.6 Å². The molecule has 0 fully saturated rings. The first kappa shape index (κ1) is 15.1. The molecule has 2 heteroatoms. The van der Waals surface area contributed by atoms with Gasteiger partial charge >= 0.3 is 0 Å². The van der Waals surface area contributed by atoms with Crippen LogP contribution in [-0.2, 0) is 6.42 Å². The lowest BCUT2D eigenvalue weighted by atomic mass is 9.99. The zero-order valence-corrected chi connectivity index (χ0v) is 12.6. The third-order valence-electron chi connectivity index (χ3n) is 2.87. The van der Waals surface area contributed by atoms with Crippen LogP contribution in [0.15, 0.2) is 24.3 Å². The molecule has 0 aromatic heterocycles. The maximum absolute atomic E-state index is 6.21. The van der Waals surface area contributed by atoms with Gasteiger partial charge in [-0.25, -0.2) is 0 Å². The number of rotatable bonds is 6. The summed E-state index contributed by atoms with van der Waals surface area (Å²) in [5, 5.41) is 0.821. The number of ether oxygens (including phenoxy) is 1. The van der Waals surface area contributed by atoms with E-state index in [-0.39, 0.29) is 0 Å². The Hall–Kier alpha value is -0.950. The van der Waals surface area contributed by atoms with Crippen molar-refractivity contribution in [1.82, 2.24) is 0 Å². The summed E-state index contributed by atoms with van der Waals surface area (Å²) in [6.07, 6.45) is 6.28. The van der Waals surface area contributed by atoms with Gasteiger partial charge in [0.15, 0.2) is 0 Å². The van der Waals surface area contributed by atoms with Crippen LogP contribution in [0.3, 0.4) is 0 Å². The van der Waals surface area contributed by atoms with E-state index in [9.17, 15) is 0 Å². The van der Waals surface area contributed by atoms with Crippen molar-refractivity contribution >= 4 is 11.6 Å². The summed E-state index contributed by atoms with van der Waals surface area (Å²) in [5.74, 6) is 1.48. The SMILES string of the molecule is C/C=C\C(C)Cc1cc(Cl)c(C)cc1OCCC. The zero-order chi connectivity index (χ0) is 13.5. The Bertz CT molecular complexity index is 410. The standard InChI is InChI=1S/C16H23ClO/c1-5-7-12(3)9-14-11-15(17)13(4)10-16(14)18-8-6-2/h5,7,10-12H,6,8-9H2,1-4H3/b7-5-. The van der Waals surface area contributed by atoms with Gasteiger partial charge in [0.05, 0.1) is 6.61 Å². The Balaban J connectivity index is 2.95. The Morgan fingerprint density at radius 2 is 2.11 bits per heavy atom. The van der Waals surface area contributed by atoms with Gasteiger partial charge in [-0.2, -0.15) is 0 Å². The van der Waals surface area contributed by atoms with Crippen molar-refractivity contribution in [3.05, 3.63) is 40.4 Å². The van der Waals surface area contributed by atoms with Crippen LogP contribution in [0, 0.1) is 12.8 Å². The molecule has 0 heterocycles. The highest BCUT2D eigenvalue weighted by atomic mass is 35.5. The van der Waals surface area contributed by atoms with Crippen LogP contribution in [0.4, 0.5) is 0 Å². The second-order valence-electron chi connectivity index (χ2n) is 4.76. The van der Waals surface area contributed by atoms with Crippen LogP contribution in [0.2, 0.25) is 5.02 Å². The van der Waals surface area contributed by atoms with E-state index >= 15 is 0 Å². The Kier molecular flexibility index (Phi) is 6.28. The van der Waals surface area contributed by atoms with E-state index in [2.05, 4.69) is 32.1 Å². The molecule has 0 bridgehead atoms. The van der Waals surface area contributed by atoms with E-state index in [4.69, 9.17) is 16.3 Å². The number of aryl methyl sites for hydroxylation is 1. The Labute approximate surface area is 116 Å². The lowest BCUT2D eigenvalue weighted by Crippen LogP contribution is -2.03. The second-order valence-corrected chi connectivity index (χ2v) is 5.17. The fourth-order valence-corrected chi connectivity index (χ4v) is 2.13. The zero-order valence-electron chi connectivity index (χ0n) is 11.8. The summed E-state index contributed by atoms with van der Waals surface area (Å²) in [6.45, 7) is 9.14. The lowest BCUT2D eigenvalue weighted by Gasteiger charge is -2.15. The summed E-state index contributed by atoms with van der Waals surface area (Å²) in [5.41, 5.74) is 2.27. The molecule has 1 aromatic carbocycles. The van der Waals surface area contributed by atoms with E-state index in [1.807, 2.05) is 19.9 Å². The molecule has 0 spiro atoms. The van der Waals surface area contributed by atoms with Crippen LogP contribution in [0.25, 0.3) is 0 Å². The lowest BCUT2D eigenvalue weighted by molar-refractivity contribution is 0.313. The van der Waals surface area contributed by atoms with E-state index in [1.165, 1.54) is 5.56 Å².